The SMILES string of the molecule is CC1CCC(CN)(C(=O)Nc2ccc(C#N)cc2)CC1. The molecule has 0 heterocycles. The van der Waals surface area contributed by atoms with Gasteiger partial charge >= 0.3 is 0 Å². The molecule has 1 fully saturated rings. The van der Waals surface area contributed by atoms with Gasteiger partial charge in [-0.25, -0.2) is 0 Å². The Labute approximate surface area is 120 Å². The summed E-state index contributed by atoms with van der Waals surface area (Å²) in [6.07, 6.45) is 3.82. The lowest BCUT2D eigenvalue weighted by Gasteiger charge is -2.37. The third-order valence-electron chi connectivity index (χ3n) is 4.38. The fourth-order valence-electron chi connectivity index (χ4n) is 2.73. The Kier molecular flexibility index (Phi) is 4.41. The first-order valence-electron chi connectivity index (χ1n) is 7.11. The smallest absolute Gasteiger partial charge is 0.231 e. The third kappa shape index (κ3) is 3.00. The highest BCUT2D eigenvalue weighted by molar-refractivity contribution is 5.95. The fraction of sp³-hybridized carbons (Fsp3) is 0.500. The van der Waals surface area contributed by atoms with Gasteiger partial charge in [-0.1, -0.05) is 6.92 Å². The number of nitriles is 1. The van der Waals surface area contributed by atoms with Crippen molar-refractivity contribution in [3.05, 3.63) is 29.8 Å². The van der Waals surface area contributed by atoms with Crippen LogP contribution in [-0.4, -0.2) is 12.5 Å². The molecule has 0 radical (unpaired) electrons. The second-order valence-electron chi connectivity index (χ2n) is 5.81. The average molecular weight is 271 g/mol. The number of carbonyl (C=O) groups excluding carboxylic acids is 1. The van der Waals surface area contributed by atoms with Gasteiger partial charge in [-0.3, -0.25) is 4.79 Å². The van der Waals surface area contributed by atoms with Crippen molar-refractivity contribution in [1.82, 2.24) is 0 Å². The molecule has 1 saturated carbocycles. The van der Waals surface area contributed by atoms with E-state index in [9.17, 15) is 4.79 Å². The first-order chi connectivity index (χ1) is 9.59. The number of hydrogen-bond acceptors (Lipinski definition) is 3. The molecule has 20 heavy (non-hydrogen) atoms. The van der Waals surface area contributed by atoms with Gasteiger partial charge in [-0.2, -0.15) is 5.26 Å². The second-order valence-corrected chi connectivity index (χ2v) is 5.81. The monoisotopic (exact) mass is 271 g/mol. The summed E-state index contributed by atoms with van der Waals surface area (Å²) in [5, 5.41) is 11.7. The molecule has 0 atom stereocenters. The van der Waals surface area contributed by atoms with Crippen LogP contribution >= 0.6 is 0 Å². The first-order valence-corrected chi connectivity index (χ1v) is 7.11. The van der Waals surface area contributed by atoms with E-state index in [2.05, 4.69) is 18.3 Å². The molecule has 4 heteroatoms. The van der Waals surface area contributed by atoms with Crippen LogP contribution in [0.3, 0.4) is 0 Å². The van der Waals surface area contributed by atoms with Gasteiger partial charge in [0.1, 0.15) is 0 Å². The highest BCUT2D eigenvalue weighted by Gasteiger charge is 2.39. The number of benzene rings is 1. The highest BCUT2D eigenvalue weighted by atomic mass is 16.2. The molecule has 2 rings (SSSR count). The van der Waals surface area contributed by atoms with E-state index in [4.69, 9.17) is 11.0 Å². The minimum absolute atomic E-state index is 0.0107. The van der Waals surface area contributed by atoms with Crippen molar-refractivity contribution < 1.29 is 4.79 Å². The molecular formula is C16H21N3O. The zero-order chi connectivity index (χ0) is 14.6. The van der Waals surface area contributed by atoms with Crippen LogP contribution in [0, 0.1) is 22.7 Å². The molecule has 3 N–H and O–H groups in total. The maximum atomic E-state index is 12.5. The first kappa shape index (κ1) is 14.5. The minimum atomic E-state index is -0.430. The number of amides is 1. The van der Waals surface area contributed by atoms with Crippen LogP contribution in [0.15, 0.2) is 24.3 Å². The summed E-state index contributed by atoms with van der Waals surface area (Å²) in [6.45, 7) is 2.61. The second kappa shape index (κ2) is 6.06. The van der Waals surface area contributed by atoms with Crippen LogP contribution in [0.2, 0.25) is 0 Å². The summed E-state index contributed by atoms with van der Waals surface area (Å²) in [7, 11) is 0. The van der Waals surface area contributed by atoms with Crippen molar-refractivity contribution in [2.75, 3.05) is 11.9 Å². The Balaban J connectivity index is 2.07. The predicted octanol–water partition coefficient (Wildman–Crippen LogP) is 2.65. The van der Waals surface area contributed by atoms with Gasteiger partial charge in [0.05, 0.1) is 17.0 Å². The summed E-state index contributed by atoms with van der Waals surface area (Å²) in [5.41, 5.74) is 6.76. The number of carbonyl (C=O) groups is 1. The van der Waals surface area contributed by atoms with Crippen LogP contribution in [0.1, 0.15) is 38.2 Å². The summed E-state index contributed by atoms with van der Waals surface area (Å²) < 4.78 is 0. The largest absolute Gasteiger partial charge is 0.329 e. The summed E-state index contributed by atoms with van der Waals surface area (Å²) in [5.74, 6) is 0.689. The van der Waals surface area contributed by atoms with Crippen LogP contribution in [0.25, 0.3) is 0 Å². The number of nitrogens with one attached hydrogen (secondary N) is 1. The molecule has 0 saturated heterocycles. The maximum absolute atomic E-state index is 12.5. The highest BCUT2D eigenvalue weighted by Crippen LogP contribution is 2.39. The van der Waals surface area contributed by atoms with E-state index in [0.717, 1.165) is 31.4 Å². The van der Waals surface area contributed by atoms with E-state index in [-0.39, 0.29) is 5.91 Å². The molecule has 0 aliphatic heterocycles. The summed E-state index contributed by atoms with van der Waals surface area (Å²) >= 11 is 0. The topological polar surface area (TPSA) is 78.9 Å². The van der Waals surface area contributed by atoms with Crippen molar-refractivity contribution >= 4 is 11.6 Å². The number of rotatable bonds is 3. The van der Waals surface area contributed by atoms with Crippen molar-refractivity contribution in [3.63, 3.8) is 0 Å². The molecule has 4 nitrogen and oxygen atoms in total. The fourth-order valence-corrected chi connectivity index (χ4v) is 2.73. The molecule has 106 valence electrons. The van der Waals surface area contributed by atoms with Gasteiger partial charge in [-0.15, -0.1) is 0 Å². The summed E-state index contributed by atoms with van der Waals surface area (Å²) in [6, 6.07) is 8.98. The quantitative estimate of drug-likeness (QED) is 0.887. The van der Waals surface area contributed by atoms with Gasteiger partial charge in [0.2, 0.25) is 5.91 Å². The third-order valence-corrected chi connectivity index (χ3v) is 4.38. The van der Waals surface area contributed by atoms with E-state index in [1.807, 2.05) is 0 Å². The Morgan fingerprint density at radius 3 is 2.50 bits per heavy atom. The molecule has 1 aromatic carbocycles. The predicted molar refractivity (Wildman–Crippen MR) is 78.9 cm³/mol. The van der Waals surface area contributed by atoms with Crippen molar-refractivity contribution in [1.29, 1.82) is 5.26 Å². The standard InChI is InChI=1S/C16H21N3O/c1-12-6-8-16(11-18,9-7-12)15(20)19-14-4-2-13(10-17)3-5-14/h2-5,12H,6-9,11,18H2,1H3,(H,19,20). The van der Waals surface area contributed by atoms with Crippen LogP contribution < -0.4 is 11.1 Å². The lowest BCUT2D eigenvalue weighted by molar-refractivity contribution is -0.127. The van der Waals surface area contributed by atoms with E-state index in [0.29, 0.717) is 18.0 Å². The zero-order valence-electron chi connectivity index (χ0n) is 11.9. The van der Waals surface area contributed by atoms with E-state index >= 15 is 0 Å². The molecule has 1 aliphatic rings. The molecule has 1 aromatic rings. The van der Waals surface area contributed by atoms with Crippen LogP contribution in [-0.2, 0) is 4.79 Å². The molecular weight excluding hydrogens is 250 g/mol. The lowest BCUT2D eigenvalue weighted by atomic mass is 9.70. The van der Waals surface area contributed by atoms with Crippen molar-refractivity contribution in [2.24, 2.45) is 17.1 Å². The van der Waals surface area contributed by atoms with Gasteiger partial charge in [0, 0.05) is 12.2 Å². The normalized spacial score (nSPS) is 25.8. The van der Waals surface area contributed by atoms with Gasteiger partial charge in [0.25, 0.3) is 0 Å². The number of hydrogen-bond donors (Lipinski definition) is 2. The minimum Gasteiger partial charge on any atom is -0.329 e. The Morgan fingerprint density at radius 2 is 2.00 bits per heavy atom. The molecule has 0 unspecified atom stereocenters. The number of nitrogens with zero attached hydrogens (tertiary/aromatic N) is 1. The van der Waals surface area contributed by atoms with E-state index < -0.39 is 5.41 Å². The Morgan fingerprint density at radius 1 is 1.40 bits per heavy atom. The molecule has 1 amide bonds. The van der Waals surface area contributed by atoms with Crippen LogP contribution in [0.4, 0.5) is 5.69 Å². The summed E-state index contributed by atoms with van der Waals surface area (Å²) in [4.78, 5) is 12.5. The van der Waals surface area contributed by atoms with Gasteiger partial charge in [0.15, 0.2) is 0 Å². The molecule has 0 aromatic heterocycles. The van der Waals surface area contributed by atoms with Gasteiger partial charge in [-0.05, 0) is 55.9 Å². The van der Waals surface area contributed by atoms with E-state index in [1.54, 1.807) is 24.3 Å². The molecule has 0 spiro atoms. The average Bonchev–Trinajstić information content (AvgIpc) is 2.49. The Hall–Kier alpha value is -1.86. The number of nitrogens with two attached hydrogens (primary N) is 1. The molecule has 0 bridgehead atoms. The van der Waals surface area contributed by atoms with Crippen molar-refractivity contribution in [2.45, 2.75) is 32.6 Å². The maximum Gasteiger partial charge on any atom is 0.231 e. The molecule has 1 aliphatic carbocycles. The van der Waals surface area contributed by atoms with Crippen LogP contribution in [0.5, 0.6) is 0 Å². The Bertz CT molecular complexity index is 508. The van der Waals surface area contributed by atoms with Crippen molar-refractivity contribution in [3.8, 4) is 6.07 Å². The lowest BCUT2D eigenvalue weighted by Crippen LogP contribution is -2.44. The van der Waals surface area contributed by atoms with Gasteiger partial charge < -0.3 is 11.1 Å². The number of anilines is 1. The zero-order valence-corrected chi connectivity index (χ0v) is 11.9. The van der Waals surface area contributed by atoms with E-state index in [1.165, 1.54) is 0 Å².